The average molecular weight is 249 g/mol. The van der Waals surface area contributed by atoms with Crippen LogP contribution in [0.3, 0.4) is 0 Å². The van der Waals surface area contributed by atoms with Crippen molar-refractivity contribution >= 4 is 16.1 Å². The first-order valence-electron chi connectivity index (χ1n) is 4.41. The molecule has 0 aromatic rings. The molecule has 0 spiro atoms. The quantitative estimate of drug-likeness (QED) is 0.434. The summed E-state index contributed by atoms with van der Waals surface area (Å²) >= 11 is -0.615. The van der Waals surface area contributed by atoms with Crippen molar-refractivity contribution in [1.82, 2.24) is 9.80 Å². The van der Waals surface area contributed by atoms with Crippen molar-refractivity contribution in [2.24, 2.45) is 0 Å². The van der Waals surface area contributed by atoms with Gasteiger partial charge in [0, 0.05) is 0 Å². The molecule has 5 heteroatoms. The van der Waals surface area contributed by atoms with Gasteiger partial charge in [0.15, 0.2) is 0 Å². The molecule has 4 nitrogen and oxygen atoms in total. The van der Waals surface area contributed by atoms with Gasteiger partial charge in [-0.15, -0.1) is 0 Å². The third-order valence-electron chi connectivity index (χ3n) is 1.40. The predicted octanol–water partition coefficient (Wildman–Crippen LogP) is -0.323. The van der Waals surface area contributed by atoms with E-state index in [1.807, 2.05) is 28.2 Å². The van der Waals surface area contributed by atoms with E-state index in [1.54, 1.807) is 0 Å². The fourth-order valence-electron chi connectivity index (χ4n) is 0.581. The van der Waals surface area contributed by atoms with Gasteiger partial charge in [-0.25, -0.2) is 0 Å². The number of nitrogens with zero attached hydrogens (tertiary/aromatic N) is 2. The first kappa shape index (κ1) is 13.4. The van der Waals surface area contributed by atoms with Crippen LogP contribution < -0.4 is 0 Å². The van der Waals surface area contributed by atoms with Crippen LogP contribution in [-0.2, 0) is 7.53 Å². The third-order valence-corrected chi connectivity index (χ3v) is 2.75. The predicted molar refractivity (Wildman–Crippen MR) is 54.8 cm³/mol. The van der Waals surface area contributed by atoms with Gasteiger partial charge in [-0.1, -0.05) is 0 Å². The van der Waals surface area contributed by atoms with Crippen molar-refractivity contribution in [3.05, 3.63) is 0 Å². The van der Waals surface area contributed by atoms with Gasteiger partial charge in [-0.05, 0) is 0 Å². The Morgan fingerprint density at radius 1 is 0.846 bits per heavy atom. The molecule has 0 saturated heterocycles. The topological polar surface area (TPSA) is 24.9 Å². The maximum absolute atomic E-state index is 5.37. The molecule has 0 heterocycles. The van der Waals surface area contributed by atoms with Gasteiger partial charge in [-0.3, -0.25) is 0 Å². The second kappa shape index (κ2) is 8.96. The van der Waals surface area contributed by atoms with E-state index in [-0.39, 0.29) is 0 Å². The van der Waals surface area contributed by atoms with E-state index in [0.29, 0.717) is 0 Å². The minimum absolute atomic E-state index is 0.615. The standard InChI is InChI=1S/C8H20GeN2O2/c1-10(2)5-7-12-9-13-8-6-11(3)4/h5-8H2,1-4H3. The van der Waals surface area contributed by atoms with E-state index in [2.05, 4.69) is 9.80 Å². The molecular weight excluding hydrogens is 229 g/mol. The third kappa shape index (κ3) is 12.4. The van der Waals surface area contributed by atoms with Crippen molar-refractivity contribution in [2.45, 2.75) is 0 Å². The van der Waals surface area contributed by atoms with Crippen LogP contribution in [0.2, 0.25) is 0 Å². The summed E-state index contributed by atoms with van der Waals surface area (Å²) in [4.78, 5) is 4.21. The second-order valence-electron chi connectivity index (χ2n) is 3.39. The Hall–Kier alpha value is 0.383. The van der Waals surface area contributed by atoms with E-state index < -0.39 is 16.1 Å². The van der Waals surface area contributed by atoms with Crippen LogP contribution in [0.5, 0.6) is 0 Å². The Kier molecular flexibility index (Phi) is 9.22. The van der Waals surface area contributed by atoms with Gasteiger partial charge in [-0.2, -0.15) is 0 Å². The summed E-state index contributed by atoms with van der Waals surface area (Å²) in [5, 5.41) is 0. The van der Waals surface area contributed by atoms with Crippen molar-refractivity contribution in [1.29, 1.82) is 0 Å². The molecule has 0 aliphatic carbocycles. The normalized spacial score (nSPS) is 11.5. The Bertz CT molecular complexity index is 100. The molecule has 0 unspecified atom stereocenters. The van der Waals surface area contributed by atoms with E-state index in [4.69, 9.17) is 7.53 Å². The molecule has 0 rings (SSSR count). The number of likely N-dealkylation sites (N-methyl/N-ethyl adjacent to an activating group) is 2. The van der Waals surface area contributed by atoms with Crippen LogP contribution in [-0.4, -0.2) is 80.4 Å². The van der Waals surface area contributed by atoms with Gasteiger partial charge in [0.05, 0.1) is 0 Å². The van der Waals surface area contributed by atoms with Crippen molar-refractivity contribution < 1.29 is 7.53 Å². The SMILES string of the molecule is CN(C)CC[O][Ge][O]CCN(C)C. The summed E-state index contributed by atoms with van der Waals surface area (Å²) in [5.74, 6) is 0. The van der Waals surface area contributed by atoms with Crippen molar-refractivity contribution in [2.75, 3.05) is 54.5 Å². The van der Waals surface area contributed by atoms with Crippen molar-refractivity contribution in [3.8, 4) is 0 Å². The molecular formula is C8H20GeN2O2. The van der Waals surface area contributed by atoms with Crippen LogP contribution in [0.15, 0.2) is 0 Å². The van der Waals surface area contributed by atoms with E-state index in [1.165, 1.54) is 0 Å². The summed E-state index contributed by atoms with van der Waals surface area (Å²) in [6.45, 7) is 3.52. The molecule has 0 fully saturated rings. The Morgan fingerprint density at radius 3 is 1.54 bits per heavy atom. The molecule has 13 heavy (non-hydrogen) atoms. The number of hydrogen-bond donors (Lipinski definition) is 0. The van der Waals surface area contributed by atoms with Crippen molar-refractivity contribution in [3.63, 3.8) is 0 Å². The molecule has 2 radical (unpaired) electrons. The summed E-state index contributed by atoms with van der Waals surface area (Å²) in [6, 6.07) is 0. The zero-order chi connectivity index (χ0) is 10.1. The number of hydrogen-bond acceptors (Lipinski definition) is 4. The average Bonchev–Trinajstić information content (AvgIpc) is 2.01. The molecule has 0 bridgehead atoms. The summed E-state index contributed by atoms with van der Waals surface area (Å²) in [5.41, 5.74) is 0. The van der Waals surface area contributed by atoms with E-state index in [9.17, 15) is 0 Å². The first-order chi connectivity index (χ1) is 6.13. The van der Waals surface area contributed by atoms with Crippen LogP contribution >= 0.6 is 0 Å². The summed E-state index contributed by atoms with van der Waals surface area (Å²) < 4.78 is 10.7. The Morgan fingerprint density at radius 2 is 1.23 bits per heavy atom. The van der Waals surface area contributed by atoms with Gasteiger partial charge in [0.2, 0.25) is 0 Å². The van der Waals surface area contributed by atoms with Gasteiger partial charge in [0.1, 0.15) is 0 Å². The van der Waals surface area contributed by atoms with E-state index in [0.717, 1.165) is 26.3 Å². The van der Waals surface area contributed by atoms with Crippen LogP contribution in [0, 0.1) is 0 Å². The second-order valence-corrected chi connectivity index (χ2v) is 4.95. The minimum atomic E-state index is -0.615. The zero-order valence-electron chi connectivity index (χ0n) is 9.04. The van der Waals surface area contributed by atoms with Crippen LogP contribution in [0.4, 0.5) is 0 Å². The first-order valence-corrected chi connectivity index (χ1v) is 6.12. The molecule has 0 aliphatic rings. The maximum atomic E-state index is 5.37. The van der Waals surface area contributed by atoms with Crippen LogP contribution in [0.1, 0.15) is 0 Å². The monoisotopic (exact) mass is 250 g/mol. The van der Waals surface area contributed by atoms with Gasteiger partial charge in [0.25, 0.3) is 0 Å². The molecule has 78 valence electrons. The molecule has 0 saturated carbocycles. The molecule has 0 amide bonds. The molecule has 0 atom stereocenters. The van der Waals surface area contributed by atoms with Crippen LogP contribution in [0.25, 0.3) is 0 Å². The fourth-order valence-corrected chi connectivity index (χ4v) is 1.49. The van der Waals surface area contributed by atoms with E-state index >= 15 is 0 Å². The Labute approximate surface area is 88.3 Å². The fraction of sp³-hybridized carbons (Fsp3) is 1.00. The molecule has 0 aromatic heterocycles. The zero-order valence-corrected chi connectivity index (χ0v) is 11.1. The van der Waals surface area contributed by atoms with Gasteiger partial charge < -0.3 is 0 Å². The summed E-state index contributed by atoms with van der Waals surface area (Å²) in [6.07, 6.45) is 0. The number of rotatable bonds is 8. The summed E-state index contributed by atoms with van der Waals surface area (Å²) in [7, 11) is 8.15. The Balaban J connectivity index is 2.92. The molecule has 0 aliphatic heterocycles. The molecule has 0 aromatic carbocycles. The molecule has 0 N–H and O–H groups in total. The van der Waals surface area contributed by atoms with Gasteiger partial charge >= 0.3 is 87.9 Å².